The first-order chi connectivity index (χ1) is 8.02. The molecule has 0 aromatic heterocycles. The second kappa shape index (κ2) is 8.98. The molecule has 2 unspecified atom stereocenters. The van der Waals surface area contributed by atoms with Gasteiger partial charge in [0, 0.05) is 12.5 Å². The molecule has 0 aromatic carbocycles. The number of hydrogen-bond acceptors (Lipinski definition) is 4. The molecule has 100 valence electrons. The number of carbonyl (C=O) groups is 2. The molecule has 3 N–H and O–H groups in total. The standard InChI is InChI=1S/C12H24N2O3/c1-4-5-6-7-8-10(15)14-11(9(2)13)12(16)17-3/h9,11H,4-8,13H2,1-3H3,(H,14,15). The van der Waals surface area contributed by atoms with E-state index in [0.717, 1.165) is 25.7 Å². The van der Waals surface area contributed by atoms with E-state index in [0.29, 0.717) is 6.42 Å². The van der Waals surface area contributed by atoms with Crippen LogP contribution in [0.2, 0.25) is 0 Å². The third-order valence-corrected chi connectivity index (χ3v) is 2.55. The summed E-state index contributed by atoms with van der Waals surface area (Å²) < 4.78 is 4.58. The van der Waals surface area contributed by atoms with Gasteiger partial charge in [0.2, 0.25) is 5.91 Å². The Bertz CT molecular complexity index is 242. The van der Waals surface area contributed by atoms with E-state index in [1.165, 1.54) is 7.11 Å². The summed E-state index contributed by atoms with van der Waals surface area (Å²) in [6, 6.07) is -1.21. The molecule has 5 nitrogen and oxygen atoms in total. The van der Waals surface area contributed by atoms with Gasteiger partial charge in [-0.2, -0.15) is 0 Å². The van der Waals surface area contributed by atoms with Crippen LogP contribution in [-0.2, 0) is 14.3 Å². The van der Waals surface area contributed by atoms with Crippen LogP contribution in [0.1, 0.15) is 46.0 Å². The van der Waals surface area contributed by atoms with Gasteiger partial charge in [-0.25, -0.2) is 4.79 Å². The quantitative estimate of drug-likeness (QED) is 0.492. The molecular formula is C12H24N2O3. The molecule has 0 saturated heterocycles. The van der Waals surface area contributed by atoms with Crippen LogP contribution in [0.4, 0.5) is 0 Å². The van der Waals surface area contributed by atoms with Crippen LogP contribution in [0.5, 0.6) is 0 Å². The van der Waals surface area contributed by atoms with E-state index in [4.69, 9.17) is 5.73 Å². The van der Waals surface area contributed by atoms with Crippen LogP contribution in [0, 0.1) is 0 Å². The third-order valence-electron chi connectivity index (χ3n) is 2.55. The van der Waals surface area contributed by atoms with Gasteiger partial charge in [0.1, 0.15) is 6.04 Å². The van der Waals surface area contributed by atoms with Crippen molar-refractivity contribution in [3.05, 3.63) is 0 Å². The lowest BCUT2D eigenvalue weighted by Crippen LogP contribution is -2.51. The number of carbonyl (C=O) groups excluding carboxylic acids is 2. The molecule has 0 aliphatic carbocycles. The molecule has 0 aliphatic rings. The van der Waals surface area contributed by atoms with E-state index >= 15 is 0 Å². The Balaban J connectivity index is 4.00. The van der Waals surface area contributed by atoms with Crippen LogP contribution in [0.3, 0.4) is 0 Å². The lowest BCUT2D eigenvalue weighted by atomic mass is 10.1. The summed E-state index contributed by atoms with van der Waals surface area (Å²) in [5, 5.41) is 2.61. The largest absolute Gasteiger partial charge is 0.467 e. The first kappa shape index (κ1) is 15.9. The minimum absolute atomic E-state index is 0.145. The van der Waals surface area contributed by atoms with Crippen molar-refractivity contribution in [2.45, 2.75) is 58.0 Å². The molecule has 0 fully saturated rings. The van der Waals surface area contributed by atoms with E-state index in [9.17, 15) is 9.59 Å². The fourth-order valence-electron chi connectivity index (χ4n) is 1.49. The van der Waals surface area contributed by atoms with Gasteiger partial charge in [-0.1, -0.05) is 26.2 Å². The van der Waals surface area contributed by atoms with Crippen molar-refractivity contribution in [1.82, 2.24) is 5.32 Å². The summed E-state index contributed by atoms with van der Waals surface area (Å²) in [6.07, 6.45) is 4.56. The molecule has 0 radical (unpaired) electrons. The molecule has 0 bridgehead atoms. The first-order valence-corrected chi connectivity index (χ1v) is 6.15. The predicted molar refractivity (Wildman–Crippen MR) is 66.4 cm³/mol. The highest BCUT2D eigenvalue weighted by molar-refractivity contribution is 5.84. The summed E-state index contributed by atoms with van der Waals surface area (Å²) in [5.41, 5.74) is 5.62. The highest BCUT2D eigenvalue weighted by atomic mass is 16.5. The average molecular weight is 244 g/mol. The molecule has 0 heterocycles. The Morgan fingerprint density at radius 1 is 1.29 bits per heavy atom. The van der Waals surface area contributed by atoms with Crippen molar-refractivity contribution in [3.8, 4) is 0 Å². The van der Waals surface area contributed by atoms with Crippen LogP contribution in [0.25, 0.3) is 0 Å². The molecule has 5 heteroatoms. The maximum Gasteiger partial charge on any atom is 0.329 e. The van der Waals surface area contributed by atoms with Gasteiger partial charge in [0.25, 0.3) is 0 Å². The minimum Gasteiger partial charge on any atom is -0.467 e. The van der Waals surface area contributed by atoms with Crippen molar-refractivity contribution in [2.75, 3.05) is 7.11 Å². The Morgan fingerprint density at radius 3 is 2.41 bits per heavy atom. The smallest absolute Gasteiger partial charge is 0.329 e. The van der Waals surface area contributed by atoms with E-state index in [1.807, 2.05) is 0 Å². The van der Waals surface area contributed by atoms with Crippen molar-refractivity contribution < 1.29 is 14.3 Å². The normalized spacial score (nSPS) is 13.9. The zero-order valence-corrected chi connectivity index (χ0v) is 11.0. The molecule has 0 rings (SSSR count). The van der Waals surface area contributed by atoms with Crippen molar-refractivity contribution in [3.63, 3.8) is 0 Å². The van der Waals surface area contributed by atoms with Crippen LogP contribution < -0.4 is 11.1 Å². The van der Waals surface area contributed by atoms with E-state index in [2.05, 4.69) is 17.0 Å². The van der Waals surface area contributed by atoms with E-state index in [-0.39, 0.29) is 5.91 Å². The minimum atomic E-state index is -0.751. The molecular weight excluding hydrogens is 220 g/mol. The van der Waals surface area contributed by atoms with Gasteiger partial charge in [0.05, 0.1) is 7.11 Å². The van der Waals surface area contributed by atoms with Gasteiger partial charge in [-0.3, -0.25) is 4.79 Å². The van der Waals surface area contributed by atoms with E-state index in [1.54, 1.807) is 6.92 Å². The van der Waals surface area contributed by atoms with Crippen LogP contribution in [-0.4, -0.2) is 31.1 Å². The number of esters is 1. The number of rotatable bonds is 8. The monoisotopic (exact) mass is 244 g/mol. The Kier molecular flexibility index (Phi) is 8.40. The van der Waals surface area contributed by atoms with Crippen molar-refractivity contribution >= 4 is 11.9 Å². The zero-order valence-electron chi connectivity index (χ0n) is 11.0. The van der Waals surface area contributed by atoms with Crippen LogP contribution in [0.15, 0.2) is 0 Å². The summed E-state index contributed by atoms with van der Waals surface area (Å²) in [5.74, 6) is -0.643. The van der Waals surface area contributed by atoms with Gasteiger partial charge in [-0.15, -0.1) is 0 Å². The lowest BCUT2D eigenvalue weighted by Gasteiger charge is -2.19. The summed E-state index contributed by atoms with van der Waals surface area (Å²) in [6.45, 7) is 3.78. The highest BCUT2D eigenvalue weighted by Crippen LogP contribution is 2.03. The van der Waals surface area contributed by atoms with Crippen molar-refractivity contribution in [1.29, 1.82) is 0 Å². The fourth-order valence-corrected chi connectivity index (χ4v) is 1.49. The maximum absolute atomic E-state index is 11.6. The number of amides is 1. The summed E-state index contributed by atoms with van der Waals surface area (Å²) in [4.78, 5) is 22.9. The number of hydrogen-bond donors (Lipinski definition) is 2. The Morgan fingerprint density at radius 2 is 1.94 bits per heavy atom. The fraction of sp³-hybridized carbons (Fsp3) is 0.833. The second-order valence-corrected chi connectivity index (χ2v) is 4.24. The topological polar surface area (TPSA) is 81.4 Å². The third kappa shape index (κ3) is 6.94. The molecule has 17 heavy (non-hydrogen) atoms. The molecule has 1 amide bonds. The zero-order chi connectivity index (χ0) is 13.3. The Labute approximate surface area is 103 Å². The molecule has 2 atom stereocenters. The lowest BCUT2D eigenvalue weighted by molar-refractivity contribution is -0.145. The van der Waals surface area contributed by atoms with Crippen molar-refractivity contribution in [2.24, 2.45) is 5.73 Å². The number of unbranched alkanes of at least 4 members (excludes halogenated alkanes) is 3. The predicted octanol–water partition coefficient (Wildman–Crippen LogP) is 0.962. The van der Waals surface area contributed by atoms with Gasteiger partial charge in [0.15, 0.2) is 0 Å². The SMILES string of the molecule is CCCCCCC(=O)NC(C(=O)OC)C(C)N. The highest BCUT2D eigenvalue weighted by Gasteiger charge is 2.24. The molecule has 0 aliphatic heterocycles. The number of nitrogens with one attached hydrogen (secondary N) is 1. The Hall–Kier alpha value is -1.10. The van der Waals surface area contributed by atoms with E-state index < -0.39 is 18.1 Å². The second-order valence-electron chi connectivity index (χ2n) is 4.24. The summed E-state index contributed by atoms with van der Waals surface area (Å²) >= 11 is 0. The average Bonchev–Trinajstić information content (AvgIpc) is 2.30. The first-order valence-electron chi connectivity index (χ1n) is 6.15. The number of methoxy groups -OCH3 is 1. The molecule has 0 aromatic rings. The summed E-state index contributed by atoms with van der Waals surface area (Å²) in [7, 11) is 1.28. The number of nitrogens with two attached hydrogens (primary N) is 1. The van der Waals surface area contributed by atoms with Crippen LogP contribution >= 0.6 is 0 Å². The van der Waals surface area contributed by atoms with Gasteiger partial charge < -0.3 is 15.8 Å². The number of ether oxygens (including phenoxy) is 1. The molecule has 0 saturated carbocycles. The maximum atomic E-state index is 11.6. The molecule has 0 spiro atoms. The van der Waals surface area contributed by atoms with Gasteiger partial charge >= 0.3 is 5.97 Å². The van der Waals surface area contributed by atoms with Gasteiger partial charge in [-0.05, 0) is 13.3 Å².